The van der Waals surface area contributed by atoms with Crippen molar-refractivity contribution in [2.75, 3.05) is 13.1 Å². The summed E-state index contributed by atoms with van der Waals surface area (Å²) in [6, 6.07) is 6.41. The molecule has 2 aliphatic rings. The molecule has 1 aromatic carbocycles. The van der Waals surface area contributed by atoms with Gasteiger partial charge in [0.25, 0.3) is 0 Å². The first-order valence-electron chi connectivity index (χ1n) is 9.43. The lowest BCUT2D eigenvalue weighted by Gasteiger charge is -2.26. The van der Waals surface area contributed by atoms with Crippen LogP contribution in [0.3, 0.4) is 0 Å². The normalized spacial score (nSPS) is 20.8. The number of rotatable bonds is 5. The minimum atomic E-state index is -1.00. The lowest BCUT2D eigenvalue weighted by Crippen LogP contribution is -2.41. The second kappa shape index (κ2) is 8.34. The highest BCUT2D eigenvalue weighted by Crippen LogP contribution is 2.26. The quantitative estimate of drug-likeness (QED) is 0.845. The molecule has 1 unspecified atom stereocenters. The van der Waals surface area contributed by atoms with Crippen LogP contribution in [0.2, 0.25) is 0 Å². The maximum atomic E-state index is 12.6. The Kier molecular flexibility index (Phi) is 5.91. The molecule has 1 aliphatic carbocycles. The summed E-state index contributed by atoms with van der Waals surface area (Å²) in [5.74, 6) is -0.725. The molecule has 140 valence electrons. The van der Waals surface area contributed by atoms with Gasteiger partial charge in [0.15, 0.2) is 0 Å². The fraction of sp³-hybridized carbons (Fsp3) is 0.550. The van der Waals surface area contributed by atoms with E-state index in [1.807, 2.05) is 4.90 Å². The van der Waals surface area contributed by atoms with Crippen LogP contribution in [0, 0.1) is 5.92 Å². The van der Waals surface area contributed by atoms with E-state index in [-0.39, 0.29) is 35.8 Å². The van der Waals surface area contributed by atoms with Crippen molar-refractivity contribution in [1.82, 2.24) is 10.2 Å². The zero-order valence-corrected chi connectivity index (χ0v) is 14.9. The molecule has 3 rings (SSSR count). The first-order chi connectivity index (χ1) is 12.5. The van der Waals surface area contributed by atoms with Crippen molar-refractivity contribution in [2.45, 2.75) is 51.0 Å². The highest BCUT2D eigenvalue weighted by atomic mass is 16.4. The summed E-state index contributed by atoms with van der Waals surface area (Å²) < 4.78 is 0. The van der Waals surface area contributed by atoms with Gasteiger partial charge in [0, 0.05) is 25.0 Å². The van der Waals surface area contributed by atoms with E-state index < -0.39 is 5.97 Å². The second-order valence-electron chi connectivity index (χ2n) is 7.35. The molecule has 6 heteroatoms. The van der Waals surface area contributed by atoms with Crippen LogP contribution in [-0.2, 0) is 16.0 Å². The Bertz CT molecular complexity index is 682. The molecule has 6 nitrogen and oxygen atoms in total. The van der Waals surface area contributed by atoms with Crippen LogP contribution in [0.15, 0.2) is 24.3 Å². The number of hydrogen-bond acceptors (Lipinski definition) is 3. The summed E-state index contributed by atoms with van der Waals surface area (Å²) in [6.07, 6.45) is 6.41. The molecule has 1 heterocycles. The van der Waals surface area contributed by atoms with E-state index in [2.05, 4.69) is 5.32 Å². The van der Waals surface area contributed by atoms with Crippen LogP contribution in [0.1, 0.15) is 54.4 Å². The van der Waals surface area contributed by atoms with Crippen LogP contribution < -0.4 is 5.32 Å². The molecule has 0 radical (unpaired) electrons. The molecule has 0 aromatic heterocycles. The smallest absolute Gasteiger partial charge is 0.335 e. The number of nitrogens with one attached hydrogen (secondary N) is 1. The predicted molar refractivity (Wildman–Crippen MR) is 96.8 cm³/mol. The summed E-state index contributed by atoms with van der Waals surface area (Å²) in [6.45, 7) is 1.28. The summed E-state index contributed by atoms with van der Waals surface area (Å²) in [5, 5.41) is 12.0. The fourth-order valence-electron chi connectivity index (χ4n) is 3.96. The van der Waals surface area contributed by atoms with Gasteiger partial charge < -0.3 is 15.3 Å². The minimum absolute atomic E-state index is 0.0160. The van der Waals surface area contributed by atoms with Gasteiger partial charge in [-0.1, -0.05) is 31.4 Å². The number of hydrogen-bond donors (Lipinski definition) is 2. The van der Waals surface area contributed by atoms with E-state index >= 15 is 0 Å². The van der Waals surface area contributed by atoms with Crippen molar-refractivity contribution < 1.29 is 19.5 Å². The fourth-order valence-corrected chi connectivity index (χ4v) is 3.96. The first-order valence-corrected chi connectivity index (χ1v) is 9.43. The summed E-state index contributed by atoms with van der Waals surface area (Å²) in [7, 11) is 0. The topological polar surface area (TPSA) is 86.7 Å². The third kappa shape index (κ3) is 4.62. The molecule has 1 aliphatic heterocycles. The number of aromatic carboxylic acids is 1. The molecule has 2 N–H and O–H groups in total. The number of benzene rings is 1. The van der Waals surface area contributed by atoms with E-state index in [1.54, 1.807) is 12.1 Å². The summed E-state index contributed by atoms with van der Waals surface area (Å²) in [4.78, 5) is 37.8. The zero-order valence-electron chi connectivity index (χ0n) is 14.9. The van der Waals surface area contributed by atoms with Crippen molar-refractivity contribution in [1.29, 1.82) is 0 Å². The lowest BCUT2D eigenvalue weighted by molar-refractivity contribution is -0.135. The Morgan fingerprint density at radius 1 is 1.12 bits per heavy atom. The van der Waals surface area contributed by atoms with Gasteiger partial charge in [0.2, 0.25) is 11.8 Å². The number of carbonyl (C=O) groups is 3. The molecule has 26 heavy (non-hydrogen) atoms. The highest BCUT2D eigenvalue weighted by molar-refractivity contribution is 5.88. The standard InChI is InChI=1S/C20H26N2O4/c23-18(12-14-5-4-8-16(11-14)20(25)26)21-17-9-10-22(13-17)19(24)15-6-2-1-3-7-15/h4-5,8,11,15,17H,1-3,6-7,9-10,12-13H2,(H,21,23)(H,25,26). The Balaban J connectivity index is 1.49. The number of carbonyl (C=O) groups excluding carboxylic acids is 2. The van der Waals surface area contributed by atoms with Crippen LogP contribution in [0.4, 0.5) is 0 Å². The van der Waals surface area contributed by atoms with Crippen molar-refractivity contribution in [2.24, 2.45) is 5.92 Å². The van der Waals surface area contributed by atoms with Gasteiger partial charge in [-0.3, -0.25) is 9.59 Å². The van der Waals surface area contributed by atoms with E-state index in [9.17, 15) is 14.4 Å². The minimum Gasteiger partial charge on any atom is -0.478 e. The Hall–Kier alpha value is -2.37. The van der Waals surface area contributed by atoms with Gasteiger partial charge in [-0.25, -0.2) is 4.79 Å². The van der Waals surface area contributed by atoms with Gasteiger partial charge in [0.05, 0.1) is 12.0 Å². The molecule has 0 bridgehead atoms. The van der Waals surface area contributed by atoms with Gasteiger partial charge in [0.1, 0.15) is 0 Å². The molecular weight excluding hydrogens is 332 g/mol. The predicted octanol–water partition coefficient (Wildman–Crippen LogP) is 2.22. The lowest BCUT2D eigenvalue weighted by atomic mass is 9.88. The number of carboxylic acids is 1. The van der Waals surface area contributed by atoms with E-state index in [0.717, 1.165) is 32.1 Å². The highest BCUT2D eigenvalue weighted by Gasteiger charge is 2.32. The van der Waals surface area contributed by atoms with Crippen LogP contribution in [0.5, 0.6) is 0 Å². The third-order valence-corrected chi connectivity index (χ3v) is 5.36. The first kappa shape index (κ1) is 18.4. The number of amides is 2. The summed E-state index contributed by atoms with van der Waals surface area (Å²) in [5.41, 5.74) is 0.857. The average molecular weight is 358 g/mol. The monoisotopic (exact) mass is 358 g/mol. The van der Waals surface area contributed by atoms with Gasteiger partial charge in [-0.15, -0.1) is 0 Å². The number of likely N-dealkylation sites (tertiary alicyclic amines) is 1. The number of carboxylic acid groups (broad SMARTS) is 1. The molecule has 0 spiro atoms. The van der Waals surface area contributed by atoms with Crippen molar-refractivity contribution in [3.63, 3.8) is 0 Å². The average Bonchev–Trinajstić information content (AvgIpc) is 3.10. The second-order valence-corrected chi connectivity index (χ2v) is 7.35. The van der Waals surface area contributed by atoms with Gasteiger partial charge >= 0.3 is 5.97 Å². The molecule has 1 atom stereocenters. The van der Waals surface area contributed by atoms with Crippen LogP contribution in [0.25, 0.3) is 0 Å². The SMILES string of the molecule is O=C(Cc1cccc(C(=O)O)c1)NC1CCN(C(=O)C2CCCCC2)C1. The van der Waals surface area contributed by atoms with Crippen LogP contribution >= 0.6 is 0 Å². The third-order valence-electron chi connectivity index (χ3n) is 5.36. The van der Waals surface area contributed by atoms with E-state index in [4.69, 9.17) is 5.11 Å². The van der Waals surface area contributed by atoms with Crippen molar-refractivity contribution in [3.8, 4) is 0 Å². The maximum Gasteiger partial charge on any atom is 0.335 e. The largest absolute Gasteiger partial charge is 0.478 e. The van der Waals surface area contributed by atoms with Crippen molar-refractivity contribution >= 4 is 17.8 Å². The molecule has 2 fully saturated rings. The van der Waals surface area contributed by atoms with E-state index in [0.29, 0.717) is 18.7 Å². The van der Waals surface area contributed by atoms with E-state index in [1.165, 1.54) is 18.6 Å². The maximum absolute atomic E-state index is 12.6. The molecule has 1 saturated carbocycles. The Morgan fingerprint density at radius 3 is 2.62 bits per heavy atom. The molecular formula is C20H26N2O4. The summed E-state index contributed by atoms with van der Waals surface area (Å²) >= 11 is 0. The Labute approximate surface area is 153 Å². The zero-order chi connectivity index (χ0) is 18.5. The van der Waals surface area contributed by atoms with Gasteiger partial charge in [-0.05, 0) is 37.0 Å². The van der Waals surface area contributed by atoms with Crippen LogP contribution in [-0.4, -0.2) is 46.9 Å². The van der Waals surface area contributed by atoms with Gasteiger partial charge in [-0.2, -0.15) is 0 Å². The Morgan fingerprint density at radius 2 is 1.88 bits per heavy atom. The molecule has 1 aromatic rings. The molecule has 1 saturated heterocycles. The molecule has 2 amide bonds. The number of nitrogens with zero attached hydrogens (tertiary/aromatic N) is 1. The van der Waals surface area contributed by atoms with Crippen molar-refractivity contribution in [3.05, 3.63) is 35.4 Å².